The molecule has 4 heteroatoms. The van der Waals surface area contributed by atoms with Crippen LogP contribution in [-0.2, 0) is 0 Å². The van der Waals surface area contributed by atoms with E-state index in [1.807, 2.05) is 18.2 Å². The number of hydrogen-bond donors (Lipinski definition) is 2. The lowest BCUT2D eigenvalue weighted by atomic mass is 9.48. The molecule has 0 aliphatic heterocycles. The highest BCUT2D eigenvalue weighted by Gasteiger charge is 2.53. The first-order valence-electron chi connectivity index (χ1n) is 9.21. The summed E-state index contributed by atoms with van der Waals surface area (Å²) >= 11 is 5.42. The van der Waals surface area contributed by atoms with Gasteiger partial charge in [-0.25, -0.2) is 0 Å². The highest BCUT2D eigenvalue weighted by Crippen LogP contribution is 2.61. The number of nitrogens with one attached hydrogen (secondary N) is 2. The fourth-order valence-electron chi connectivity index (χ4n) is 5.86. The Bertz CT molecular complexity index is 607. The highest BCUT2D eigenvalue weighted by molar-refractivity contribution is 7.80. The van der Waals surface area contributed by atoms with Crippen LogP contribution in [0, 0.1) is 23.2 Å². The molecule has 1 unspecified atom stereocenters. The van der Waals surface area contributed by atoms with Gasteiger partial charge in [0.2, 0.25) is 0 Å². The molecule has 3 nitrogen and oxygen atoms in total. The predicted octanol–water partition coefficient (Wildman–Crippen LogP) is 3.90. The van der Waals surface area contributed by atoms with Crippen molar-refractivity contribution in [3.05, 3.63) is 35.9 Å². The predicted molar refractivity (Wildman–Crippen MR) is 99.7 cm³/mol. The topological polar surface area (TPSA) is 41.1 Å². The molecule has 24 heavy (non-hydrogen) atoms. The summed E-state index contributed by atoms with van der Waals surface area (Å²) in [7, 11) is 0. The van der Waals surface area contributed by atoms with Crippen LogP contribution in [0.5, 0.6) is 0 Å². The number of rotatable bonds is 3. The van der Waals surface area contributed by atoms with Crippen molar-refractivity contribution < 1.29 is 4.79 Å². The molecule has 4 fully saturated rings. The Hall–Kier alpha value is -1.42. The van der Waals surface area contributed by atoms with Gasteiger partial charge in [-0.15, -0.1) is 0 Å². The zero-order chi connectivity index (χ0) is 16.7. The van der Waals surface area contributed by atoms with Crippen LogP contribution < -0.4 is 10.6 Å². The van der Waals surface area contributed by atoms with Gasteiger partial charge in [0.1, 0.15) is 0 Å². The van der Waals surface area contributed by atoms with E-state index in [0.29, 0.717) is 22.1 Å². The minimum atomic E-state index is -0.134. The van der Waals surface area contributed by atoms with Gasteiger partial charge in [0.05, 0.1) is 0 Å². The minimum absolute atomic E-state index is 0.134. The van der Waals surface area contributed by atoms with E-state index in [4.69, 9.17) is 12.2 Å². The Morgan fingerprint density at radius 3 is 2.17 bits per heavy atom. The number of thiocarbonyl (C=S) groups is 1. The molecule has 4 bridgehead atoms. The smallest absolute Gasteiger partial charge is 0.257 e. The maximum atomic E-state index is 12.2. The molecule has 1 atom stereocenters. The first-order valence-corrected chi connectivity index (χ1v) is 9.62. The van der Waals surface area contributed by atoms with E-state index in [2.05, 4.69) is 17.6 Å². The van der Waals surface area contributed by atoms with Crippen LogP contribution in [0.1, 0.15) is 55.8 Å². The molecule has 0 aromatic heterocycles. The minimum Gasteiger partial charge on any atom is -0.359 e. The average molecular weight is 343 g/mol. The lowest BCUT2D eigenvalue weighted by Crippen LogP contribution is -2.57. The SMILES string of the molecule is CC(NC(=S)NC(=O)c1ccccc1)C12CC3CC(CC(C3)C1)C2. The van der Waals surface area contributed by atoms with Gasteiger partial charge in [0.15, 0.2) is 5.11 Å². The number of carbonyl (C=O) groups excluding carboxylic acids is 1. The van der Waals surface area contributed by atoms with Crippen LogP contribution >= 0.6 is 12.2 Å². The number of amides is 1. The summed E-state index contributed by atoms with van der Waals surface area (Å²) in [5.41, 5.74) is 1.03. The van der Waals surface area contributed by atoms with Gasteiger partial charge < -0.3 is 5.32 Å². The Labute approximate surface area is 149 Å². The standard InChI is InChI=1S/C20H26N2OS/c1-13(20-10-14-7-15(11-20)9-16(8-14)12-20)21-19(24)22-18(23)17-5-3-2-4-6-17/h2-6,13-16H,7-12H2,1H3,(H2,21,22,23,24). The molecule has 4 aliphatic rings. The maximum absolute atomic E-state index is 12.2. The molecule has 128 valence electrons. The number of hydrogen-bond acceptors (Lipinski definition) is 2. The van der Waals surface area contributed by atoms with E-state index in [1.165, 1.54) is 38.5 Å². The zero-order valence-corrected chi connectivity index (χ0v) is 15.1. The van der Waals surface area contributed by atoms with Gasteiger partial charge in [-0.2, -0.15) is 0 Å². The third-order valence-electron chi connectivity index (χ3n) is 6.61. The Morgan fingerprint density at radius 1 is 1.08 bits per heavy atom. The monoisotopic (exact) mass is 342 g/mol. The summed E-state index contributed by atoms with van der Waals surface area (Å²) in [6, 6.07) is 9.57. The lowest BCUT2D eigenvalue weighted by Gasteiger charge is -2.59. The normalized spacial score (nSPS) is 34.6. The third-order valence-corrected chi connectivity index (χ3v) is 6.83. The van der Waals surface area contributed by atoms with Crippen molar-refractivity contribution in [1.29, 1.82) is 0 Å². The van der Waals surface area contributed by atoms with Crippen molar-refractivity contribution in [3.63, 3.8) is 0 Å². The highest BCUT2D eigenvalue weighted by atomic mass is 32.1. The van der Waals surface area contributed by atoms with E-state index in [9.17, 15) is 4.79 Å². The van der Waals surface area contributed by atoms with Gasteiger partial charge in [-0.3, -0.25) is 10.1 Å². The molecule has 1 aromatic rings. The van der Waals surface area contributed by atoms with Gasteiger partial charge in [-0.1, -0.05) is 18.2 Å². The summed E-state index contributed by atoms with van der Waals surface area (Å²) in [4.78, 5) is 12.2. The third kappa shape index (κ3) is 2.97. The van der Waals surface area contributed by atoms with Gasteiger partial charge in [0, 0.05) is 11.6 Å². The number of benzene rings is 1. The molecule has 4 aliphatic carbocycles. The number of carbonyl (C=O) groups is 1. The Morgan fingerprint density at radius 2 is 1.62 bits per heavy atom. The Kier molecular flexibility index (Phi) is 4.11. The first kappa shape index (κ1) is 16.1. The Balaban J connectivity index is 1.38. The molecular formula is C20H26N2OS. The molecule has 5 rings (SSSR count). The quantitative estimate of drug-likeness (QED) is 0.819. The summed E-state index contributed by atoms with van der Waals surface area (Å²) < 4.78 is 0. The van der Waals surface area contributed by atoms with Crippen molar-refractivity contribution in [2.75, 3.05) is 0 Å². The van der Waals surface area contributed by atoms with Crippen LogP contribution in [-0.4, -0.2) is 17.1 Å². The molecule has 0 spiro atoms. The van der Waals surface area contributed by atoms with Crippen LogP contribution in [0.3, 0.4) is 0 Å². The van der Waals surface area contributed by atoms with E-state index in [1.54, 1.807) is 12.1 Å². The molecule has 1 aromatic carbocycles. The van der Waals surface area contributed by atoms with E-state index >= 15 is 0 Å². The van der Waals surface area contributed by atoms with Crippen LogP contribution in [0.4, 0.5) is 0 Å². The van der Waals surface area contributed by atoms with E-state index in [0.717, 1.165) is 17.8 Å². The fourth-order valence-corrected chi connectivity index (χ4v) is 6.13. The van der Waals surface area contributed by atoms with Crippen LogP contribution in [0.25, 0.3) is 0 Å². The molecule has 2 N–H and O–H groups in total. The van der Waals surface area contributed by atoms with Gasteiger partial charge in [-0.05, 0) is 93.0 Å². The molecule has 0 heterocycles. The maximum Gasteiger partial charge on any atom is 0.257 e. The van der Waals surface area contributed by atoms with Crippen molar-refractivity contribution in [2.45, 2.75) is 51.5 Å². The zero-order valence-electron chi connectivity index (χ0n) is 14.3. The molecule has 4 saturated carbocycles. The second-order valence-corrected chi connectivity index (χ2v) is 8.70. The van der Waals surface area contributed by atoms with Crippen molar-refractivity contribution in [2.24, 2.45) is 23.2 Å². The first-order chi connectivity index (χ1) is 11.5. The summed E-state index contributed by atoms with van der Waals surface area (Å²) in [6.45, 7) is 2.26. The lowest BCUT2D eigenvalue weighted by molar-refractivity contribution is -0.0672. The van der Waals surface area contributed by atoms with Crippen LogP contribution in [0.2, 0.25) is 0 Å². The summed E-state index contributed by atoms with van der Waals surface area (Å²) in [6.07, 6.45) is 8.34. The van der Waals surface area contributed by atoms with Crippen molar-refractivity contribution in [3.8, 4) is 0 Å². The largest absolute Gasteiger partial charge is 0.359 e. The van der Waals surface area contributed by atoms with E-state index < -0.39 is 0 Å². The van der Waals surface area contributed by atoms with E-state index in [-0.39, 0.29) is 5.91 Å². The van der Waals surface area contributed by atoms with Crippen molar-refractivity contribution >= 4 is 23.2 Å². The van der Waals surface area contributed by atoms with Gasteiger partial charge >= 0.3 is 0 Å². The van der Waals surface area contributed by atoms with Gasteiger partial charge in [0.25, 0.3) is 5.91 Å². The second kappa shape index (κ2) is 6.14. The molecule has 0 radical (unpaired) electrons. The molecule has 1 amide bonds. The fraction of sp³-hybridized carbons (Fsp3) is 0.600. The summed E-state index contributed by atoms with van der Waals surface area (Å²) in [5, 5.41) is 6.74. The van der Waals surface area contributed by atoms with Crippen LogP contribution in [0.15, 0.2) is 30.3 Å². The molecule has 0 saturated heterocycles. The second-order valence-electron chi connectivity index (χ2n) is 8.30. The molecular weight excluding hydrogens is 316 g/mol. The average Bonchev–Trinajstić information content (AvgIpc) is 2.54. The summed E-state index contributed by atoms with van der Waals surface area (Å²) in [5.74, 6) is 2.64. The van der Waals surface area contributed by atoms with Crippen molar-refractivity contribution in [1.82, 2.24) is 10.6 Å².